The van der Waals surface area contributed by atoms with Crippen molar-refractivity contribution in [1.29, 1.82) is 0 Å². The molecule has 0 heterocycles. The summed E-state index contributed by atoms with van der Waals surface area (Å²) < 4.78 is 0. The van der Waals surface area contributed by atoms with E-state index in [1.165, 1.54) is 12.8 Å². The van der Waals surface area contributed by atoms with Crippen LogP contribution >= 0.6 is 12.4 Å². The number of aliphatic carboxylic acids is 1. The highest BCUT2D eigenvalue weighted by molar-refractivity contribution is 5.85. The molecule has 2 saturated carbocycles. The van der Waals surface area contributed by atoms with Gasteiger partial charge in [0.25, 0.3) is 0 Å². The monoisotopic (exact) mass is 346 g/mol. The number of nitrogens with one attached hydrogen (secondary N) is 1. The van der Waals surface area contributed by atoms with E-state index in [1.807, 2.05) is 6.92 Å². The van der Waals surface area contributed by atoms with Gasteiger partial charge in [-0.05, 0) is 50.9 Å². The van der Waals surface area contributed by atoms with Gasteiger partial charge in [0.2, 0.25) is 5.91 Å². The Kier molecular flexibility index (Phi) is 8.34. The van der Waals surface area contributed by atoms with E-state index < -0.39 is 12.0 Å². The van der Waals surface area contributed by atoms with E-state index in [9.17, 15) is 9.59 Å². The minimum atomic E-state index is -0.862. The second kappa shape index (κ2) is 9.48. The Bertz CT molecular complexity index is 393. The average molecular weight is 347 g/mol. The van der Waals surface area contributed by atoms with Crippen LogP contribution in [0.15, 0.2) is 0 Å². The lowest BCUT2D eigenvalue weighted by atomic mass is 9.86. The normalized spacial score (nSPS) is 25.3. The smallest absolute Gasteiger partial charge is 0.320 e. The van der Waals surface area contributed by atoms with Crippen LogP contribution < -0.4 is 5.32 Å². The van der Waals surface area contributed by atoms with Crippen LogP contribution in [0.25, 0.3) is 0 Å². The van der Waals surface area contributed by atoms with Crippen molar-refractivity contribution in [3.05, 3.63) is 0 Å². The zero-order valence-electron chi connectivity index (χ0n) is 14.3. The van der Waals surface area contributed by atoms with Crippen LogP contribution in [0.3, 0.4) is 0 Å². The van der Waals surface area contributed by atoms with Crippen LogP contribution in [0.2, 0.25) is 0 Å². The summed E-state index contributed by atoms with van der Waals surface area (Å²) in [7, 11) is 0. The maximum atomic E-state index is 12.6. The molecular weight excluding hydrogens is 316 g/mol. The zero-order valence-corrected chi connectivity index (χ0v) is 15.1. The van der Waals surface area contributed by atoms with Gasteiger partial charge in [0.1, 0.15) is 6.04 Å². The molecule has 23 heavy (non-hydrogen) atoms. The maximum absolute atomic E-state index is 12.6. The highest BCUT2D eigenvalue weighted by Gasteiger charge is 2.38. The van der Waals surface area contributed by atoms with Gasteiger partial charge in [0, 0.05) is 12.1 Å². The number of rotatable bonds is 8. The summed E-state index contributed by atoms with van der Waals surface area (Å²) in [6.07, 6.45) is 8.16. The van der Waals surface area contributed by atoms with E-state index in [4.69, 9.17) is 5.11 Å². The molecule has 0 saturated heterocycles. The molecule has 1 unspecified atom stereocenters. The lowest BCUT2D eigenvalue weighted by Crippen LogP contribution is -2.49. The van der Waals surface area contributed by atoms with Gasteiger partial charge >= 0.3 is 5.97 Å². The van der Waals surface area contributed by atoms with Gasteiger partial charge in [-0.2, -0.15) is 0 Å². The molecule has 0 aliphatic heterocycles. The third-order valence-electron chi connectivity index (χ3n) is 4.98. The molecule has 5 nitrogen and oxygen atoms in total. The molecule has 0 radical (unpaired) electrons. The molecule has 0 aromatic rings. The molecule has 2 fully saturated rings. The van der Waals surface area contributed by atoms with E-state index in [-0.39, 0.29) is 24.9 Å². The summed E-state index contributed by atoms with van der Waals surface area (Å²) >= 11 is 0. The third-order valence-corrected chi connectivity index (χ3v) is 4.98. The second-order valence-electron chi connectivity index (χ2n) is 7.01. The van der Waals surface area contributed by atoms with Crippen LogP contribution in [0.5, 0.6) is 0 Å². The van der Waals surface area contributed by atoms with Crippen LogP contribution in [-0.4, -0.2) is 46.6 Å². The molecule has 0 bridgehead atoms. The van der Waals surface area contributed by atoms with E-state index in [1.54, 1.807) is 0 Å². The van der Waals surface area contributed by atoms with E-state index in [2.05, 4.69) is 17.1 Å². The number of nitrogens with zero attached hydrogens (tertiary/aromatic N) is 1. The first kappa shape index (κ1) is 20.2. The van der Waals surface area contributed by atoms with Crippen molar-refractivity contribution in [2.45, 2.75) is 83.3 Å². The lowest BCUT2D eigenvalue weighted by molar-refractivity contribution is -0.140. The Morgan fingerprint density at radius 3 is 2.09 bits per heavy atom. The average Bonchev–Trinajstić information content (AvgIpc) is 3.30. The first-order valence-electron chi connectivity index (χ1n) is 8.80. The molecule has 2 rings (SSSR count). The largest absolute Gasteiger partial charge is 0.480 e. The summed E-state index contributed by atoms with van der Waals surface area (Å²) in [5.74, 6) is -0.00463. The van der Waals surface area contributed by atoms with Crippen molar-refractivity contribution in [1.82, 2.24) is 10.2 Å². The van der Waals surface area contributed by atoms with Crippen molar-refractivity contribution in [3.63, 3.8) is 0 Å². The van der Waals surface area contributed by atoms with E-state index in [0.717, 1.165) is 38.0 Å². The van der Waals surface area contributed by atoms with Crippen molar-refractivity contribution in [2.75, 3.05) is 6.54 Å². The number of carboxylic acids is 1. The van der Waals surface area contributed by atoms with Crippen LogP contribution in [-0.2, 0) is 9.59 Å². The minimum Gasteiger partial charge on any atom is -0.480 e. The summed E-state index contributed by atoms with van der Waals surface area (Å²) in [5.41, 5.74) is 0. The number of carbonyl (C=O) groups excluding carboxylic acids is 1. The fourth-order valence-electron chi connectivity index (χ4n) is 3.48. The summed E-state index contributed by atoms with van der Waals surface area (Å²) in [4.78, 5) is 25.8. The molecule has 2 aliphatic carbocycles. The number of halogens is 1. The molecule has 6 heteroatoms. The van der Waals surface area contributed by atoms with Crippen molar-refractivity contribution in [2.24, 2.45) is 5.92 Å². The third kappa shape index (κ3) is 5.96. The fraction of sp³-hybridized carbons (Fsp3) is 0.882. The second-order valence-corrected chi connectivity index (χ2v) is 7.01. The van der Waals surface area contributed by atoms with Crippen molar-refractivity contribution >= 4 is 24.3 Å². The Morgan fingerprint density at radius 2 is 1.65 bits per heavy atom. The topological polar surface area (TPSA) is 69.6 Å². The molecule has 0 aromatic carbocycles. The molecule has 1 atom stereocenters. The van der Waals surface area contributed by atoms with Gasteiger partial charge in [-0.15, -0.1) is 12.4 Å². The van der Waals surface area contributed by atoms with Gasteiger partial charge in [-0.1, -0.05) is 20.3 Å². The molecule has 0 aromatic heterocycles. The van der Waals surface area contributed by atoms with Crippen molar-refractivity contribution < 1.29 is 14.7 Å². The Labute approximate surface area is 145 Å². The van der Waals surface area contributed by atoms with Gasteiger partial charge in [0.15, 0.2) is 0 Å². The van der Waals surface area contributed by atoms with Crippen LogP contribution in [0.1, 0.15) is 65.2 Å². The zero-order chi connectivity index (χ0) is 16.1. The van der Waals surface area contributed by atoms with Gasteiger partial charge in [-0.25, -0.2) is 0 Å². The van der Waals surface area contributed by atoms with Gasteiger partial charge in [-0.3, -0.25) is 14.9 Å². The molecule has 0 spiro atoms. The first-order valence-corrected chi connectivity index (χ1v) is 8.80. The van der Waals surface area contributed by atoms with Gasteiger partial charge < -0.3 is 10.0 Å². The summed E-state index contributed by atoms with van der Waals surface area (Å²) in [6, 6.07) is 0.163. The molecule has 1 amide bonds. The minimum absolute atomic E-state index is 0. The fourth-order valence-corrected chi connectivity index (χ4v) is 3.48. The lowest BCUT2D eigenvalue weighted by Gasteiger charge is -2.36. The highest BCUT2D eigenvalue weighted by Crippen LogP contribution is 2.35. The first-order chi connectivity index (χ1) is 10.5. The van der Waals surface area contributed by atoms with E-state index >= 15 is 0 Å². The SMILES string of the molecule is CCCC(NCC(=O)N(C1CCC(C)CC1)C1CC1)C(=O)O.Cl. The number of hydrogen-bond donors (Lipinski definition) is 2. The molecular formula is C17H31ClN2O3. The van der Waals surface area contributed by atoms with Crippen molar-refractivity contribution in [3.8, 4) is 0 Å². The number of hydrogen-bond acceptors (Lipinski definition) is 3. The Hall–Kier alpha value is -0.810. The quantitative estimate of drug-likeness (QED) is 0.709. The Morgan fingerprint density at radius 1 is 1.13 bits per heavy atom. The summed E-state index contributed by atoms with van der Waals surface area (Å²) in [6.45, 7) is 4.39. The number of amides is 1. The molecule has 2 aliphatic rings. The molecule has 2 N–H and O–H groups in total. The Balaban J connectivity index is 0.00000264. The standard InChI is InChI=1S/C17H30N2O3.ClH/c1-3-4-15(17(21)22)18-11-16(20)19(14-9-10-14)13-7-5-12(2)6-8-13;/h12-15,18H,3-11H2,1-2H3,(H,21,22);1H. The predicted octanol–water partition coefficient (Wildman–Crippen LogP) is 2.82. The van der Waals surface area contributed by atoms with Crippen LogP contribution in [0, 0.1) is 5.92 Å². The number of carbonyl (C=O) groups is 2. The van der Waals surface area contributed by atoms with E-state index in [0.29, 0.717) is 18.5 Å². The number of carboxylic acid groups (broad SMARTS) is 1. The summed E-state index contributed by atoms with van der Waals surface area (Å²) in [5, 5.41) is 12.1. The van der Waals surface area contributed by atoms with Crippen LogP contribution in [0.4, 0.5) is 0 Å². The molecule has 134 valence electrons. The maximum Gasteiger partial charge on any atom is 0.320 e. The highest BCUT2D eigenvalue weighted by atomic mass is 35.5. The predicted molar refractivity (Wildman–Crippen MR) is 92.9 cm³/mol. The van der Waals surface area contributed by atoms with Gasteiger partial charge in [0.05, 0.1) is 6.54 Å².